The van der Waals surface area contributed by atoms with E-state index in [1.54, 1.807) is 5.38 Å². The van der Waals surface area contributed by atoms with Crippen LogP contribution in [0.2, 0.25) is 0 Å². The molecule has 0 atom stereocenters. The van der Waals surface area contributed by atoms with Crippen molar-refractivity contribution in [1.29, 1.82) is 0 Å². The fraction of sp³-hybridized carbons (Fsp3) is 0.227. The van der Waals surface area contributed by atoms with Crippen LogP contribution in [-0.2, 0) is 40.0 Å². The van der Waals surface area contributed by atoms with E-state index in [0.717, 1.165) is 23.4 Å². The number of alkyl halides is 3. The van der Waals surface area contributed by atoms with E-state index in [4.69, 9.17) is 4.74 Å². The number of hydrogen-bond acceptors (Lipinski definition) is 5. The van der Waals surface area contributed by atoms with Crippen LogP contribution in [0.5, 0.6) is 0 Å². The number of benzene rings is 2. The van der Waals surface area contributed by atoms with Crippen molar-refractivity contribution in [3.63, 3.8) is 0 Å². The van der Waals surface area contributed by atoms with Crippen LogP contribution in [0.1, 0.15) is 27.4 Å². The van der Waals surface area contributed by atoms with E-state index in [0.29, 0.717) is 10.7 Å². The number of nitrogens with one attached hydrogen (secondary N) is 1. The predicted molar refractivity (Wildman–Crippen MR) is 111 cm³/mol. The molecule has 0 aliphatic rings. The lowest BCUT2D eigenvalue weighted by atomic mass is 10.1. The third-order valence-corrected chi connectivity index (χ3v) is 5.21. The van der Waals surface area contributed by atoms with Crippen molar-refractivity contribution in [3.8, 4) is 0 Å². The largest absolute Gasteiger partial charge is 0.459 e. The zero-order valence-electron chi connectivity index (χ0n) is 16.5. The number of rotatable bonds is 7. The van der Waals surface area contributed by atoms with Gasteiger partial charge in [-0.3, -0.25) is 9.59 Å². The van der Waals surface area contributed by atoms with Crippen LogP contribution < -0.4 is 5.32 Å². The number of thiazole rings is 1. The first-order valence-electron chi connectivity index (χ1n) is 9.31. The van der Waals surface area contributed by atoms with Crippen molar-refractivity contribution in [2.24, 2.45) is 0 Å². The fourth-order valence-electron chi connectivity index (χ4n) is 2.77. The molecule has 0 saturated carbocycles. The van der Waals surface area contributed by atoms with Crippen molar-refractivity contribution in [1.82, 2.24) is 4.98 Å². The summed E-state index contributed by atoms with van der Waals surface area (Å²) in [7, 11) is 0. The average Bonchev–Trinajstić information content (AvgIpc) is 3.15. The van der Waals surface area contributed by atoms with Gasteiger partial charge >= 0.3 is 12.1 Å². The van der Waals surface area contributed by atoms with Crippen molar-refractivity contribution in [2.45, 2.75) is 32.5 Å². The predicted octanol–water partition coefficient (Wildman–Crippen LogP) is 4.94. The molecule has 0 radical (unpaired) electrons. The zero-order chi connectivity index (χ0) is 22.4. The molecular formula is C22H19F3N2O3S. The van der Waals surface area contributed by atoms with Gasteiger partial charge < -0.3 is 10.1 Å². The normalized spacial score (nSPS) is 11.2. The Labute approximate surface area is 180 Å². The zero-order valence-corrected chi connectivity index (χ0v) is 17.3. The van der Waals surface area contributed by atoms with E-state index in [2.05, 4.69) is 10.3 Å². The summed E-state index contributed by atoms with van der Waals surface area (Å²) < 4.78 is 43.4. The van der Waals surface area contributed by atoms with Crippen LogP contribution in [0.3, 0.4) is 0 Å². The molecule has 2 aromatic carbocycles. The molecule has 9 heteroatoms. The Morgan fingerprint density at radius 3 is 2.61 bits per heavy atom. The van der Waals surface area contributed by atoms with Gasteiger partial charge in [-0.25, -0.2) is 4.98 Å². The van der Waals surface area contributed by atoms with E-state index < -0.39 is 17.7 Å². The Kier molecular flexibility index (Phi) is 7.06. The second kappa shape index (κ2) is 9.74. The van der Waals surface area contributed by atoms with Crippen molar-refractivity contribution in [2.75, 3.05) is 5.32 Å². The van der Waals surface area contributed by atoms with E-state index in [1.807, 2.05) is 31.2 Å². The Morgan fingerprint density at radius 1 is 1.10 bits per heavy atom. The lowest BCUT2D eigenvalue weighted by Crippen LogP contribution is -2.15. The molecule has 1 aromatic heterocycles. The average molecular weight is 448 g/mol. The summed E-state index contributed by atoms with van der Waals surface area (Å²) in [6.07, 6.45) is -4.67. The van der Waals surface area contributed by atoms with Crippen molar-refractivity contribution < 1.29 is 27.5 Å². The monoisotopic (exact) mass is 448 g/mol. The van der Waals surface area contributed by atoms with Crippen LogP contribution in [-0.4, -0.2) is 16.9 Å². The Bertz CT molecular complexity index is 1080. The standard InChI is InChI=1S/C22H19F3N2O3S/c1-14-5-2-3-8-18(14)27-19(28)11-20-26-17(13-31-20)12-30-21(29)10-15-6-4-7-16(9-15)22(23,24)25/h2-9,13H,10-12H2,1H3,(H,27,28). The summed E-state index contributed by atoms with van der Waals surface area (Å²) >= 11 is 1.26. The van der Waals surface area contributed by atoms with Gasteiger partial charge in [0.1, 0.15) is 11.6 Å². The summed E-state index contributed by atoms with van der Waals surface area (Å²) in [5.74, 6) is -0.872. The molecule has 0 fully saturated rings. The lowest BCUT2D eigenvalue weighted by Gasteiger charge is -2.08. The maximum Gasteiger partial charge on any atom is 0.416 e. The van der Waals surface area contributed by atoms with Crippen LogP contribution in [0.4, 0.5) is 18.9 Å². The summed E-state index contributed by atoms with van der Waals surface area (Å²) in [6, 6.07) is 12.0. The fourth-order valence-corrected chi connectivity index (χ4v) is 3.55. The van der Waals surface area contributed by atoms with Gasteiger partial charge in [-0.2, -0.15) is 13.2 Å². The SMILES string of the molecule is Cc1ccccc1NC(=O)Cc1nc(COC(=O)Cc2cccc(C(F)(F)F)c2)cs1. The molecule has 3 aromatic rings. The molecule has 0 aliphatic heterocycles. The first kappa shape index (κ1) is 22.5. The second-order valence-corrected chi connectivity index (χ2v) is 7.75. The van der Waals surface area contributed by atoms with Gasteiger partial charge in [0.05, 0.1) is 24.1 Å². The third-order valence-electron chi connectivity index (χ3n) is 4.31. The molecule has 31 heavy (non-hydrogen) atoms. The second-order valence-electron chi connectivity index (χ2n) is 6.81. The molecule has 1 heterocycles. The van der Waals surface area contributed by atoms with Crippen molar-refractivity contribution in [3.05, 3.63) is 81.3 Å². The van der Waals surface area contributed by atoms with Crippen LogP contribution in [0.25, 0.3) is 0 Å². The highest BCUT2D eigenvalue weighted by atomic mass is 32.1. The number of aryl methyl sites for hydroxylation is 1. The topological polar surface area (TPSA) is 68.3 Å². The number of carbonyl (C=O) groups excluding carboxylic acids is 2. The number of esters is 1. The lowest BCUT2D eigenvalue weighted by molar-refractivity contribution is -0.144. The third kappa shape index (κ3) is 6.65. The molecule has 5 nitrogen and oxygen atoms in total. The highest BCUT2D eigenvalue weighted by Gasteiger charge is 2.30. The number of anilines is 1. The number of halogens is 3. The first-order chi connectivity index (χ1) is 14.7. The number of ether oxygens (including phenoxy) is 1. The number of aromatic nitrogens is 1. The molecule has 3 rings (SSSR count). The minimum Gasteiger partial charge on any atom is -0.459 e. The van der Waals surface area contributed by atoms with Gasteiger partial charge in [0.25, 0.3) is 0 Å². The van der Waals surface area contributed by atoms with Crippen LogP contribution >= 0.6 is 11.3 Å². The van der Waals surface area contributed by atoms with Gasteiger partial charge in [-0.05, 0) is 30.2 Å². The molecule has 1 amide bonds. The first-order valence-corrected chi connectivity index (χ1v) is 10.2. The van der Waals surface area contributed by atoms with Crippen molar-refractivity contribution >= 4 is 28.9 Å². The van der Waals surface area contributed by atoms with Gasteiger partial charge in [0, 0.05) is 11.1 Å². The van der Waals surface area contributed by atoms with E-state index in [-0.39, 0.29) is 30.9 Å². The maximum atomic E-state index is 12.8. The molecule has 162 valence electrons. The van der Waals surface area contributed by atoms with Crippen LogP contribution in [0.15, 0.2) is 53.9 Å². The summed E-state index contributed by atoms with van der Waals surface area (Å²) in [4.78, 5) is 28.4. The van der Waals surface area contributed by atoms with E-state index in [9.17, 15) is 22.8 Å². The maximum absolute atomic E-state index is 12.8. The number of hydrogen-bond donors (Lipinski definition) is 1. The number of para-hydroxylation sites is 1. The summed E-state index contributed by atoms with van der Waals surface area (Å²) in [6.45, 7) is 1.78. The molecule has 0 unspecified atom stereocenters. The van der Waals surface area contributed by atoms with Gasteiger partial charge in [0.2, 0.25) is 5.91 Å². The van der Waals surface area contributed by atoms with Gasteiger partial charge in [-0.1, -0.05) is 36.4 Å². The number of amides is 1. The minimum absolute atomic E-state index is 0.0805. The minimum atomic E-state index is -4.47. The Balaban J connectivity index is 1.49. The van der Waals surface area contributed by atoms with E-state index in [1.165, 1.54) is 23.5 Å². The van der Waals surface area contributed by atoms with Gasteiger partial charge in [-0.15, -0.1) is 11.3 Å². The number of nitrogens with zero attached hydrogens (tertiary/aromatic N) is 1. The quantitative estimate of drug-likeness (QED) is 0.520. The molecular weight excluding hydrogens is 429 g/mol. The molecule has 1 N–H and O–H groups in total. The Morgan fingerprint density at radius 2 is 1.87 bits per heavy atom. The van der Waals surface area contributed by atoms with Gasteiger partial charge in [0.15, 0.2) is 0 Å². The molecule has 0 bridgehead atoms. The van der Waals surface area contributed by atoms with Crippen LogP contribution in [0, 0.1) is 6.92 Å². The Hall–Kier alpha value is -3.20. The van der Waals surface area contributed by atoms with E-state index >= 15 is 0 Å². The highest BCUT2D eigenvalue weighted by molar-refractivity contribution is 7.09. The molecule has 0 spiro atoms. The highest BCUT2D eigenvalue weighted by Crippen LogP contribution is 2.29. The molecule has 0 saturated heterocycles. The molecule has 0 aliphatic carbocycles. The number of carbonyl (C=O) groups is 2. The summed E-state index contributed by atoms with van der Waals surface area (Å²) in [5, 5.41) is 5.06. The smallest absolute Gasteiger partial charge is 0.416 e. The summed E-state index contributed by atoms with van der Waals surface area (Å²) in [5.41, 5.74) is 1.55.